The van der Waals surface area contributed by atoms with E-state index in [1.165, 1.54) is 0 Å². The Kier molecular flexibility index (Phi) is 4.13. The molecule has 1 aliphatic heterocycles. The number of aliphatic hydroxyl groups is 1. The Bertz CT molecular complexity index is 233. The molecule has 15 heavy (non-hydrogen) atoms. The molecule has 0 aromatic heterocycles. The molecule has 1 heterocycles. The molecule has 2 atom stereocenters. The van der Waals surface area contributed by atoms with Gasteiger partial charge in [-0.3, -0.25) is 0 Å². The molecule has 1 saturated heterocycles. The minimum atomic E-state index is -0.593. The molecule has 2 unspecified atom stereocenters. The monoisotopic (exact) mass is 216 g/mol. The molecule has 1 aliphatic rings. The highest BCUT2D eigenvalue weighted by atomic mass is 16.7. The minimum Gasteiger partial charge on any atom is -0.504 e. The van der Waals surface area contributed by atoms with Crippen molar-refractivity contribution in [3.05, 3.63) is 11.8 Å². The minimum absolute atomic E-state index is 0.131. The van der Waals surface area contributed by atoms with Crippen molar-refractivity contribution in [3.8, 4) is 0 Å². The maximum atomic E-state index is 9.37. The molecule has 0 saturated carbocycles. The van der Waals surface area contributed by atoms with Gasteiger partial charge < -0.3 is 19.3 Å². The zero-order valence-corrected chi connectivity index (χ0v) is 9.82. The van der Waals surface area contributed by atoms with Crippen molar-refractivity contribution in [2.75, 3.05) is 13.7 Å². The highest BCUT2D eigenvalue weighted by Gasteiger charge is 2.33. The Hall–Kier alpha value is -0.580. The summed E-state index contributed by atoms with van der Waals surface area (Å²) in [5.41, 5.74) is 0.928. The van der Waals surface area contributed by atoms with Crippen molar-refractivity contribution < 1.29 is 19.3 Å². The quantitative estimate of drug-likeness (QED) is 0.725. The van der Waals surface area contributed by atoms with Crippen LogP contribution in [0.1, 0.15) is 27.2 Å². The predicted molar refractivity (Wildman–Crippen MR) is 56.3 cm³/mol. The highest BCUT2D eigenvalue weighted by molar-refractivity contribution is 5.09. The summed E-state index contributed by atoms with van der Waals surface area (Å²) >= 11 is 0. The number of methoxy groups -OCH3 is 1. The van der Waals surface area contributed by atoms with Crippen LogP contribution in [0.2, 0.25) is 0 Å². The van der Waals surface area contributed by atoms with Crippen LogP contribution in [0.25, 0.3) is 0 Å². The van der Waals surface area contributed by atoms with Crippen LogP contribution in [0.3, 0.4) is 0 Å². The van der Waals surface area contributed by atoms with E-state index >= 15 is 0 Å². The third-order valence-corrected chi connectivity index (χ3v) is 2.25. The lowest BCUT2D eigenvalue weighted by molar-refractivity contribution is -0.255. The van der Waals surface area contributed by atoms with Crippen LogP contribution in [-0.2, 0) is 14.2 Å². The number of hydrogen-bond donors (Lipinski definition) is 1. The summed E-state index contributed by atoms with van der Waals surface area (Å²) < 4.78 is 16.2. The van der Waals surface area contributed by atoms with Gasteiger partial charge in [0.05, 0.1) is 32.2 Å². The first-order valence-corrected chi connectivity index (χ1v) is 5.16. The van der Waals surface area contributed by atoms with Crippen molar-refractivity contribution in [2.24, 2.45) is 0 Å². The van der Waals surface area contributed by atoms with Crippen LogP contribution >= 0.6 is 0 Å². The number of ether oxygens (including phenoxy) is 3. The average molecular weight is 216 g/mol. The standard InChI is InChI=1S/C11H20O4/c1-8(12)5-10-9(6-13-4)7-14-11(2,3)15-10/h6,8,10,12H,5,7H2,1-4H3. The molecule has 88 valence electrons. The van der Waals surface area contributed by atoms with Crippen LogP contribution in [0.4, 0.5) is 0 Å². The average Bonchev–Trinajstić information content (AvgIpc) is 2.08. The third kappa shape index (κ3) is 3.81. The Labute approximate surface area is 90.8 Å². The Morgan fingerprint density at radius 2 is 2.33 bits per heavy atom. The van der Waals surface area contributed by atoms with E-state index in [1.807, 2.05) is 13.8 Å². The van der Waals surface area contributed by atoms with Gasteiger partial charge in [-0.15, -0.1) is 0 Å². The lowest BCUT2D eigenvalue weighted by Gasteiger charge is -2.37. The lowest BCUT2D eigenvalue weighted by Crippen LogP contribution is -2.42. The van der Waals surface area contributed by atoms with Gasteiger partial charge >= 0.3 is 0 Å². The number of aliphatic hydroxyl groups excluding tert-OH is 1. The molecule has 0 aromatic rings. The summed E-state index contributed by atoms with van der Waals surface area (Å²) in [7, 11) is 1.59. The van der Waals surface area contributed by atoms with E-state index in [0.717, 1.165) is 5.57 Å². The zero-order valence-electron chi connectivity index (χ0n) is 9.82. The second-order valence-electron chi connectivity index (χ2n) is 4.31. The first-order chi connectivity index (χ1) is 6.94. The fourth-order valence-electron chi connectivity index (χ4n) is 1.57. The molecule has 1 N–H and O–H groups in total. The van der Waals surface area contributed by atoms with Gasteiger partial charge in [0, 0.05) is 12.0 Å². The molecule has 4 heteroatoms. The lowest BCUT2D eigenvalue weighted by atomic mass is 10.0. The third-order valence-electron chi connectivity index (χ3n) is 2.25. The largest absolute Gasteiger partial charge is 0.504 e. The summed E-state index contributed by atoms with van der Waals surface area (Å²) in [5.74, 6) is -0.593. The van der Waals surface area contributed by atoms with E-state index in [9.17, 15) is 5.11 Å². The topological polar surface area (TPSA) is 47.9 Å². The van der Waals surface area contributed by atoms with E-state index in [-0.39, 0.29) is 6.10 Å². The van der Waals surface area contributed by atoms with Crippen molar-refractivity contribution in [2.45, 2.75) is 45.2 Å². The molecule has 0 aromatic carbocycles. The summed E-state index contributed by atoms with van der Waals surface area (Å²) in [6.07, 6.45) is 1.66. The van der Waals surface area contributed by atoms with E-state index in [4.69, 9.17) is 14.2 Å². The Morgan fingerprint density at radius 1 is 1.67 bits per heavy atom. The first kappa shape index (κ1) is 12.5. The van der Waals surface area contributed by atoms with Crippen molar-refractivity contribution >= 4 is 0 Å². The maximum Gasteiger partial charge on any atom is 0.164 e. The molecule has 1 rings (SSSR count). The van der Waals surface area contributed by atoms with Gasteiger partial charge in [-0.05, 0) is 20.8 Å². The van der Waals surface area contributed by atoms with Crippen LogP contribution in [0.5, 0.6) is 0 Å². The number of rotatable bonds is 3. The van der Waals surface area contributed by atoms with Crippen molar-refractivity contribution in [1.82, 2.24) is 0 Å². The van der Waals surface area contributed by atoms with Crippen molar-refractivity contribution in [3.63, 3.8) is 0 Å². The van der Waals surface area contributed by atoms with Crippen LogP contribution in [0, 0.1) is 0 Å². The van der Waals surface area contributed by atoms with E-state index < -0.39 is 11.9 Å². The normalized spacial score (nSPS) is 30.2. The first-order valence-electron chi connectivity index (χ1n) is 5.16. The summed E-state index contributed by atoms with van der Waals surface area (Å²) in [6, 6.07) is 0. The van der Waals surface area contributed by atoms with Crippen LogP contribution in [-0.4, -0.2) is 36.8 Å². The molecule has 0 spiro atoms. The summed E-state index contributed by atoms with van der Waals surface area (Å²) in [6.45, 7) is 5.96. The maximum absolute atomic E-state index is 9.37. The molecular weight excluding hydrogens is 196 g/mol. The zero-order chi connectivity index (χ0) is 11.5. The molecular formula is C11H20O4. The second-order valence-corrected chi connectivity index (χ2v) is 4.31. The van der Waals surface area contributed by atoms with Gasteiger partial charge in [-0.1, -0.05) is 0 Å². The summed E-state index contributed by atoms with van der Waals surface area (Å²) in [4.78, 5) is 0. The Morgan fingerprint density at radius 3 is 2.87 bits per heavy atom. The summed E-state index contributed by atoms with van der Waals surface area (Å²) in [5, 5.41) is 9.37. The Balaban J connectivity index is 2.69. The van der Waals surface area contributed by atoms with E-state index in [2.05, 4.69) is 0 Å². The smallest absolute Gasteiger partial charge is 0.164 e. The van der Waals surface area contributed by atoms with Crippen LogP contribution < -0.4 is 0 Å². The fraction of sp³-hybridized carbons (Fsp3) is 0.818. The molecule has 0 radical (unpaired) electrons. The van der Waals surface area contributed by atoms with E-state index in [0.29, 0.717) is 13.0 Å². The SMILES string of the molecule is COC=C1COC(C)(C)OC1CC(C)O. The molecule has 4 nitrogen and oxygen atoms in total. The second kappa shape index (κ2) is 4.96. The van der Waals surface area contributed by atoms with Crippen LogP contribution in [0.15, 0.2) is 11.8 Å². The molecule has 1 fully saturated rings. The van der Waals surface area contributed by atoms with Gasteiger partial charge in [0.2, 0.25) is 0 Å². The van der Waals surface area contributed by atoms with Crippen molar-refractivity contribution in [1.29, 1.82) is 0 Å². The van der Waals surface area contributed by atoms with Gasteiger partial charge in [0.15, 0.2) is 5.79 Å². The predicted octanol–water partition coefficient (Wildman–Crippen LogP) is 1.44. The molecule has 0 aliphatic carbocycles. The molecule has 0 bridgehead atoms. The fourth-order valence-corrected chi connectivity index (χ4v) is 1.57. The van der Waals surface area contributed by atoms with Gasteiger partial charge in [-0.2, -0.15) is 0 Å². The highest BCUT2D eigenvalue weighted by Crippen LogP contribution is 2.28. The van der Waals surface area contributed by atoms with Gasteiger partial charge in [-0.25, -0.2) is 0 Å². The van der Waals surface area contributed by atoms with Gasteiger partial charge in [0.25, 0.3) is 0 Å². The van der Waals surface area contributed by atoms with Gasteiger partial charge in [0.1, 0.15) is 0 Å². The number of hydrogen-bond acceptors (Lipinski definition) is 4. The molecule has 0 amide bonds. The van der Waals surface area contributed by atoms with E-state index in [1.54, 1.807) is 20.3 Å².